The number of rotatable bonds is 10. The Kier molecular flexibility index (Phi) is 8.97. The Labute approximate surface area is 122 Å². The van der Waals surface area contributed by atoms with Gasteiger partial charge < -0.3 is 10.1 Å². The number of benzene rings is 1. The summed E-state index contributed by atoms with van der Waals surface area (Å²) in [4.78, 5) is 1.41. The zero-order chi connectivity index (χ0) is 13.9. The smallest absolute Gasteiger partial charge is 0.0466 e. The Morgan fingerprint density at radius 3 is 2.79 bits per heavy atom. The largest absolute Gasteiger partial charge is 0.382 e. The van der Waals surface area contributed by atoms with Crippen LogP contribution in [-0.4, -0.2) is 32.1 Å². The Balaban J connectivity index is 2.03. The van der Waals surface area contributed by atoms with E-state index in [1.807, 2.05) is 18.7 Å². The van der Waals surface area contributed by atoms with Gasteiger partial charge in [0.25, 0.3) is 0 Å². The van der Waals surface area contributed by atoms with Crippen molar-refractivity contribution >= 4 is 11.8 Å². The van der Waals surface area contributed by atoms with Crippen LogP contribution in [0.15, 0.2) is 23.1 Å². The molecule has 0 amide bonds. The minimum atomic E-state index is 0.833. The molecule has 0 saturated heterocycles. The predicted molar refractivity (Wildman–Crippen MR) is 85.2 cm³/mol. The summed E-state index contributed by atoms with van der Waals surface area (Å²) in [5.74, 6) is 1.13. The molecule has 0 radical (unpaired) electrons. The highest BCUT2D eigenvalue weighted by Crippen LogP contribution is 2.22. The van der Waals surface area contributed by atoms with Crippen LogP contribution in [0.5, 0.6) is 0 Å². The lowest BCUT2D eigenvalue weighted by Crippen LogP contribution is -2.18. The monoisotopic (exact) mass is 281 g/mol. The lowest BCUT2D eigenvalue weighted by Gasteiger charge is -2.08. The van der Waals surface area contributed by atoms with Gasteiger partial charge in [-0.15, -0.1) is 11.8 Å². The average molecular weight is 281 g/mol. The maximum atomic E-state index is 5.31. The van der Waals surface area contributed by atoms with Gasteiger partial charge in [-0.1, -0.05) is 17.7 Å². The Morgan fingerprint density at radius 1 is 1.16 bits per heavy atom. The van der Waals surface area contributed by atoms with Crippen LogP contribution in [0.4, 0.5) is 0 Å². The van der Waals surface area contributed by atoms with Crippen LogP contribution >= 0.6 is 11.8 Å². The molecule has 0 bridgehead atoms. The van der Waals surface area contributed by atoms with Gasteiger partial charge in [-0.25, -0.2) is 0 Å². The lowest BCUT2D eigenvalue weighted by atomic mass is 10.2. The number of nitrogens with one attached hydrogen (secondary N) is 1. The van der Waals surface area contributed by atoms with Gasteiger partial charge in [0, 0.05) is 30.4 Å². The van der Waals surface area contributed by atoms with Gasteiger partial charge in [0.2, 0.25) is 0 Å². The van der Waals surface area contributed by atoms with E-state index < -0.39 is 0 Å². The molecule has 1 N–H and O–H groups in total. The van der Waals surface area contributed by atoms with Crippen molar-refractivity contribution in [3.05, 3.63) is 29.3 Å². The highest BCUT2D eigenvalue weighted by atomic mass is 32.2. The quantitative estimate of drug-likeness (QED) is 0.520. The van der Waals surface area contributed by atoms with E-state index in [1.165, 1.54) is 22.4 Å². The van der Waals surface area contributed by atoms with Crippen molar-refractivity contribution < 1.29 is 4.74 Å². The fraction of sp³-hybridized carbons (Fsp3) is 0.625. The zero-order valence-corrected chi connectivity index (χ0v) is 13.3. The minimum absolute atomic E-state index is 0.833. The van der Waals surface area contributed by atoms with Crippen molar-refractivity contribution in [2.75, 3.05) is 32.1 Å². The summed E-state index contributed by atoms with van der Waals surface area (Å²) in [5, 5.41) is 3.49. The summed E-state index contributed by atoms with van der Waals surface area (Å²) in [6.45, 7) is 10.3. The molecule has 3 heteroatoms. The Hall–Kier alpha value is -0.510. The molecular weight excluding hydrogens is 254 g/mol. The summed E-state index contributed by atoms with van der Waals surface area (Å²) in [6.07, 6.45) is 2.36. The summed E-state index contributed by atoms with van der Waals surface area (Å²) < 4.78 is 5.31. The molecule has 108 valence electrons. The fourth-order valence-electron chi connectivity index (χ4n) is 1.82. The molecule has 0 spiro atoms. The summed E-state index contributed by atoms with van der Waals surface area (Å²) in [7, 11) is 0. The molecule has 0 heterocycles. The van der Waals surface area contributed by atoms with Crippen LogP contribution in [-0.2, 0) is 4.74 Å². The standard InChI is InChI=1S/C16H27NOS/c1-4-18-11-6-5-9-17-10-12-19-16-13-14(2)7-8-15(16)3/h7-8,13,17H,4-6,9-12H2,1-3H3. The van der Waals surface area contributed by atoms with E-state index in [4.69, 9.17) is 4.74 Å². The zero-order valence-electron chi connectivity index (χ0n) is 12.5. The van der Waals surface area contributed by atoms with Gasteiger partial charge in [-0.2, -0.15) is 0 Å². The van der Waals surface area contributed by atoms with Gasteiger partial charge in [-0.05, 0) is 51.8 Å². The van der Waals surface area contributed by atoms with E-state index in [0.717, 1.165) is 38.5 Å². The maximum absolute atomic E-state index is 5.31. The van der Waals surface area contributed by atoms with Crippen LogP contribution in [0, 0.1) is 13.8 Å². The fourth-order valence-corrected chi connectivity index (χ4v) is 2.85. The Bertz CT molecular complexity index is 355. The summed E-state index contributed by atoms with van der Waals surface area (Å²) in [6, 6.07) is 6.66. The number of thioether (sulfide) groups is 1. The van der Waals surface area contributed by atoms with Crippen molar-refractivity contribution in [3.63, 3.8) is 0 Å². The summed E-state index contributed by atoms with van der Waals surface area (Å²) in [5.41, 5.74) is 2.73. The van der Waals surface area contributed by atoms with Gasteiger partial charge in [0.15, 0.2) is 0 Å². The van der Waals surface area contributed by atoms with Crippen LogP contribution in [0.1, 0.15) is 30.9 Å². The highest BCUT2D eigenvalue weighted by Gasteiger charge is 1.99. The first kappa shape index (κ1) is 16.5. The second kappa shape index (κ2) is 10.3. The normalized spacial score (nSPS) is 10.9. The molecule has 1 aromatic rings. The van der Waals surface area contributed by atoms with Gasteiger partial charge in [-0.3, -0.25) is 0 Å². The van der Waals surface area contributed by atoms with E-state index in [-0.39, 0.29) is 0 Å². The van der Waals surface area contributed by atoms with Crippen molar-refractivity contribution in [2.24, 2.45) is 0 Å². The van der Waals surface area contributed by atoms with Crippen molar-refractivity contribution in [1.82, 2.24) is 5.32 Å². The van der Waals surface area contributed by atoms with E-state index in [0.29, 0.717) is 0 Å². The van der Waals surface area contributed by atoms with E-state index in [9.17, 15) is 0 Å². The second-order valence-corrected chi connectivity index (χ2v) is 5.91. The van der Waals surface area contributed by atoms with Crippen molar-refractivity contribution in [1.29, 1.82) is 0 Å². The molecule has 0 aromatic heterocycles. The van der Waals surface area contributed by atoms with Crippen molar-refractivity contribution in [3.8, 4) is 0 Å². The maximum Gasteiger partial charge on any atom is 0.0466 e. The van der Waals surface area contributed by atoms with E-state index in [2.05, 4.69) is 37.4 Å². The first-order valence-corrected chi connectivity index (χ1v) is 8.21. The van der Waals surface area contributed by atoms with Gasteiger partial charge in [0.1, 0.15) is 0 Å². The molecule has 0 fully saturated rings. The number of aryl methyl sites for hydroxylation is 2. The molecule has 19 heavy (non-hydrogen) atoms. The number of unbranched alkanes of at least 4 members (excludes halogenated alkanes) is 1. The molecule has 1 aromatic carbocycles. The van der Waals surface area contributed by atoms with Crippen LogP contribution in [0.25, 0.3) is 0 Å². The summed E-state index contributed by atoms with van der Waals surface area (Å²) >= 11 is 1.95. The molecule has 0 unspecified atom stereocenters. The Morgan fingerprint density at radius 2 is 2.00 bits per heavy atom. The minimum Gasteiger partial charge on any atom is -0.382 e. The highest BCUT2D eigenvalue weighted by molar-refractivity contribution is 7.99. The van der Waals surface area contributed by atoms with Crippen LogP contribution in [0.3, 0.4) is 0 Å². The molecule has 2 nitrogen and oxygen atoms in total. The van der Waals surface area contributed by atoms with Gasteiger partial charge in [0.05, 0.1) is 0 Å². The predicted octanol–water partition coefficient (Wildman–Crippen LogP) is 3.80. The lowest BCUT2D eigenvalue weighted by molar-refractivity contribution is 0.143. The third-order valence-corrected chi connectivity index (χ3v) is 4.14. The molecule has 0 aliphatic carbocycles. The molecule has 1 rings (SSSR count). The molecule has 0 aliphatic rings. The molecular formula is C16H27NOS. The van der Waals surface area contributed by atoms with E-state index >= 15 is 0 Å². The first-order valence-electron chi connectivity index (χ1n) is 7.22. The number of hydrogen-bond donors (Lipinski definition) is 1. The van der Waals surface area contributed by atoms with Gasteiger partial charge >= 0.3 is 0 Å². The molecule has 0 aliphatic heterocycles. The van der Waals surface area contributed by atoms with Crippen LogP contribution in [0.2, 0.25) is 0 Å². The first-order chi connectivity index (χ1) is 9.24. The third kappa shape index (κ3) is 7.61. The van der Waals surface area contributed by atoms with E-state index in [1.54, 1.807) is 0 Å². The number of ether oxygens (including phenoxy) is 1. The molecule has 0 atom stereocenters. The molecule has 0 saturated carbocycles. The average Bonchev–Trinajstić information content (AvgIpc) is 2.40. The van der Waals surface area contributed by atoms with Crippen LogP contribution < -0.4 is 5.32 Å². The second-order valence-electron chi connectivity index (χ2n) is 4.77. The third-order valence-electron chi connectivity index (χ3n) is 2.98. The SMILES string of the molecule is CCOCCCCNCCSc1cc(C)ccc1C. The van der Waals surface area contributed by atoms with Crippen molar-refractivity contribution in [2.45, 2.75) is 38.5 Å². The topological polar surface area (TPSA) is 21.3 Å². The number of hydrogen-bond acceptors (Lipinski definition) is 3.